The minimum atomic E-state index is -0.239. The molecule has 0 aliphatic heterocycles. The van der Waals surface area contributed by atoms with Crippen molar-refractivity contribution in [3.05, 3.63) is 0 Å². The van der Waals surface area contributed by atoms with Crippen molar-refractivity contribution in [2.45, 2.75) is 118 Å². The lowest BCUT2D eigenvalue weighted by atomic mass is 9.91. The molecule has 0 radical (unpaired) electrons. The van der Waals surface area contributed by atoms with Crippen LogP contribution in [0.2, 0.25) is 0 Å². The summed E-state index contributed by atoms with van der Waals surface area (Å²) in [6, 6.07) is 0.890. The van der Waals surface area contributed by atoms with Gasteiger partial charge in [-0.2, -0.15) is 0 Å². The second-order valence-corrected chi connectivity index (χ2v) is 10.1. The number of amides is 2. The monoisotopic (exact) mass is 366 g/mol. The SMILES string of the molecule is CC(C)(C)C(=O)NC1CCCCC1.CC(C)(C)C(=O)NC1CCCCC1. The third kappa shape index (κ3) is 9.05. The van der Waals surface area contributed by atoms with Crippen LogP contribution in [-0.2, 0) is 9.59 Å². The van der Waals surface area contributed by atoms with Crippen molar-refractivity contribution in [1.29, 1.82) is 0 Å². The molecule has 0 aromatic heterocycles. The van der Waals surface area contributed by atoms with E-state index in [-0.39, 0.29) is 22.6 Å². The zero-order valence-corrected chi connectivity index (χ0v) is 18.0. The molecule has 0 bridgehead atoms. The predicted molar refractivity (Wildman–Crippen MR) is 109 cm³/mol. The van der Waals surface area contributed by atoms with Gasteiger partial charge in [-0.3, -0.25) is 9.59 Å². The fourth-order valence-electron chi connectivity index (χ4n) is 3.30. The first-order valence-corrected chi connectivity index (χ1v) is 10.6. The summed E-state index contributed by atoms with van der Waals surface area (Å²) in [7, 11) is 0. The summed E-state index contributed by atoms with van der Waals surface area (Å²) in [4.78, 5) is 23.2. The molecule has 2 rings (SSSR count). The zero-order valence-electron chi connectivity index (χ0n) is 18.0. The average molecular weight is 367 g/mol. The summed E-state index contributed by atoms with van der Waals surface area (Å²) in [5, 5.41) is 6.24. The molecule has 2 amide bonds. The van der Waals surface area contributed by atoms with Crippen molar-refractivity contribution in [1.82, 2.24) is 10.6 Å². The van der Waals surface area contributed by atoms with Crippen molar-refractivity contribution in [3.63, 3.8) is 0 Å². The van der Waals surface area contributed by atoms with Gasteiger partial charge in [-0.25, -0.2) is 0 Å². The van der Waals surface area contributed by atoms with Crippen LogP contribution in [0.4, 0.5) is 0 Å². The average Bonchev–Trinajstić information content (AvgIpc) is 2.55. The molecular weight excluding hydrogens is 324 g/mol. The van der Waals surface area contributed by atoms with Gasteiger partial charge in [0, 0.05) is 22.9 Å². The Morgan fingerprint density at radius 1 is 0.577 bits per heavy atom. The predicted octanol–water partition coefficient (Wildman–Crippen LogP) is 4.96. The van der Waals surface area contributed by atoms with Crippen molar-refractivity contribution in [2.75, 3.05) is 0 Å². The van der Waals surface area contributed by atoms with E-state index in [1.807, 2.05) is 41.5 Å². The van der Waals surface area contributed by atoms with Gasteiger partial charge in [0.2, 0.25) is 11.8 Å². The molecule has 4 nitrogen and oxygen atoms in total. The van der Waals surface area contributed by atoms with Crippen LogP contribution in [0.1, 0.15) is 106 Å². The van der Waals surface area contributed by atoms with Gasteiger partial charge in [0.05, 0.1) is 0 Å². The van der Waals surface area contributed by atoms with E-state index >= 15 is 0 Å². The normalized spacial score (nSPS) is 19.9. The van der Waals surface area contributed by atoms with Crippen molar-refractivity contribution in [2.24, 2.45) is 10.8 Å². The minimum absolute atomic E-state index is 0.194. The van der Waals surface area contributed by atoms with Gasteiger partial charge in [-0.15, -0.1) is 0 Å². The van der Waals surface area contributed by atoms with E-state index in [0.29, 0.717) is 12.1 Å². The molecule has 0 unspecified atom stereocenters. The smallest absolute Gasteiger partial charge is 0.225 e. The minimum Gasteiger partial charge on any atom is -0.353 e. The molecule has 0 saturated heterocycles. The maximum absolute atomic E-state index is 11.6. The van der Waals surface area contributed by atoms with Crippen LogP contribution < -0.4 is 10.6 Å². The number of carbonyl (C=O) groups excluding carboxylic acids is 2. The third-order valence-corrected chi connectivity index (χ3v) is 5.24. The molecule has 2 N–H and O–H groups in total. The molecule has 2 fully saturated rings. The number of rotatable bonds is 2. The maximum Gasteiger partial charge on any atom is 0.225 e. The molecule has 2 aliphatic carbocycles. The summed E-state index contributed by atoms with van der Waals surface area (Å²) in [5.41, 5.74) is -0.477. The summed E-state index contributed by atoms with van der Waals surface area (Å²) < 4.78 is 0. The first-order chi connectivity index (χ1) is 12.0. The van der Waals surface area contributed by atoms with E-state index in [1.165, 1.54) is 64.2 Å². The largest absolute Gasteiger partial charge is 0.353 e. The van der Waals surface area contributed by atoms with Gasteiger partial charge in [0.15, 0.2) is 0 Å². The molecule has 152 valence electrons. The van der Waals surface area contributed by atoms with E-state index in [9.17, 15) is 9.59 Å². The second-order valence-electron chi connectivity index (χ2n) is 10.1. The van der Waals surface area contributed by atoms with E-state index in [4.69, 9.17) is 0 Å². The van der Waals surface area contributed by atoms with E-state index in [1.54, 1.807) is 0 Å². The van der Waals surface area contributed by atoms with Crippen LogP contribution in [0.25, 0.3) is 0 Å². The molecule has 0 spiro atoms. The van der Waals surface area contributed by atoms with Crippen molar-refractivity contribution in [3.8, 4) is 0 Å². The van der Waals surface area contributed by atoms with Crippen LogP contribution >= 0.6 is 0 Å². The van der Waals surface area contributed by atoms with Crippen molar-refractivity contribution < 1.29 is 9.59 Å². The fraction of sp³-hybridized carbons (Fsp3) is 0.909. The highest BCUT2D eigenvalue weighted by Gasteiger charge is 2.25. The molecule has 0 heterocycles. The quantitative estimate of drug-likeness (QED) is 0.725. The molecular formula is C22H42N2O2. The summed E-state index contributed by atoms with van der Waals surface area (Å²) in [6.07, 6.45) is 12.4. The maximum atomic E-state index is 11.6. The van der Waals surface area contributed by atoms with Crippen LogP contribution in [0.3, 0.4) is 0 Å². The Morgan fingerprint density at radius 2 is 0.846 bits per heavy atom. The number of hydrogen-bond donors (Lipinski definition) is 2. The lowest BCUT2D eigenvalue weighted by molar-refractivity contribution is -0.130. The van der Waals surface area contributed by atoms with Crippen molar-refractivity contribution >= 4 is 11.8 Å². The summed E-state index contributed by atoms with van der Waals surface area (Å²) in [5.74, 6) is 0.388. The van der Waals surface area contributed by atoms with Gasteiger partial charge in [0.1, 0.15) is 0 Å². The molecule has 2 saturated carbocycles. The summed E-state index contributed by atoms with van der Waals surface area (Å²) in [6.45, 7) is 11.8. The number of hydrogen-bond acceptors (Lipinski definition) is 2. The molecule has 0 aromatic rings. The van der Waals surface area contributed by atoms with Gasteiger partial charge < -0.3 is 10.6 Å². The third-order valence-electron chi connectivity index (χ3n) is 5.24. The van der Waals surface area contributed by atoms with Gasteiger partial charge in [-0.1, -0.05) is 80.1 Å². The highest BCUT2D eigenvalue weighted by atomic mass is 16.2. The van der Waals surface area contributed by atoms with Crippen LogP contribution in [0.5, 0.6) is 0 Å². The van der Waals surface area contributed by atoms with Crippen LogP contribution in [0.15, 0.2) is 0 Å². The van der Waals surface area contributed by atoms with Gasteiger partial charge in [-0.05, 0) is 25.7 Å². The fourth-order valence-corrected chi connectivity index (χ4v) is 3.30. The Kier molecular flexibility index (Phi) is 9.12. The molecule has 26 heavy (non-hydrogen) atoms. The summed E-state index contributed by atoms with van der Waals surface area (Å²) >= 11 is 0. The first-order valence-electron chi connectivity index (χ1n) is 10.6. The Morgan fingerprint density at radius 3 is 1.08 bits per heavy atom. The van der Waals surface area contributed by atoms with Crippen LogP contribution in [0, 0.1) is 10.8 Å². The highest BCUT2D eigenvalue weighted by molar-refractivity contribution is 5.82. The second kappa shape index (κ2) is 10.3. The van der Waals surface area contributed by atoms with E-state index < -0.39 is 0 Å². The highest BCUT2D eigenvalue weighted by Crippen LogP contribution is 2.21. The standard InChI is InChI=1S/2C11H21NO/c2*1-11(2,3)10(13)12-9-7-5-4-6-8-9/h2*9H,4-8H2,1-3H3,(H,12,13). The number of nitrogens with one attached hydrogen (secondary N) is 2. The Hall–Kier alpha value is -1.06. The van der Waals surface area contributed by atoms with E-state index in [2.05, 4.69) is 10.6 Å². The Labute approximate surface area is 161 Å². The van der Waals surface area contributed by atoms with Gasteiger partial charge in [0.25, 0.3) is 0 Å². The van der Waals surface area contributed by atoms with Crippen LogP contribution in [-0.4, -0.2) is 23.9 Å². The van der Waals surface area contributed by atoms with E-state index in [0.717, 1.165) is 0 Å². The lowest BCUT2D eigenvalue weighted by Crippen LogP contribution is -2.42. The Balaban J connectivity index is 0.000000260. The topological polar surface area (TPSA) is 58.2 Å². The lowest BCUT2D eigenvalue weighted by Gasteiger charge is -2.26. The zero-order chi connectivity index (χ0) is 19.8. The van der Waals surface area contributed by atoms with Gasteiger partial charge >= 0.3 is 0 Å². The number of carbonyl (C=O) groups is 2. The first kappa shape index (κ1) is 23.0. The molecule has 2 aliphatic rings. The molecule has 0 aromatic carbocycles. The molecule has 4 heteroatoms. The Bertz CT molecular complexity index is 392. The molecule has 0 atom stereocenters.